The number of rotatable bonds is 10. The lowest BCUT2D eigenvalue weighted by atomic mass is 10.0. The quantitative estimate of drug-likeness (QED) is 0.404. The van der Waals surface area contributed by atoms with Crippen LogP contribution >= 0.6 is 11.6 Å². The molecule has 4 rings (SSSR count). The Hall–Kier alpha value is -2.18. The van der Waals surface area contributed by atoms with Gasteiger partial charge in [-0.25, -0.2) is 4.68 Å². The van der Waals surface area contributed by atoms with Gasteiger partial charge >= 0.3 is 0 Å². The Morgan fingerprint density at radius 1 is 1.03 bits per heavy atom. The average molecular weight is 467 g/mol. The third-order valence-electron chi connectivity index (χ3n) is 6.54. The van der Waals surface area contributed by atoms with Crippen LogP contribution < -0.4 is 0 Å². The summed E-state index contributed by atoms with van der Waals surface area (Å²) < 4.78 is 7.59. The Labute approximate surface area is 202 Å². The minimum atomic E-state index is 0.385. The number of para-hydroxylation sites is 1. The van der Waals surface area contributed by atoms with Crippen molar-refractivity contribution in [1.29, 1.82) is 0 Å². The van der Waals surface area contributed by atoms with Gasteiger partial charge in [0.2, 0.25) is 0 Å². The number of morpholine rings is 1. The van der Waals surface area contributed by atoms with E-state index in [1.807, 2.05) is 30.3 Å². The van der Waals surface area contributed by atoms with Gasteiger partial charge in [-0.15, -0.1) is 0 Å². The van der Waals surface area contributed by atoms with Gasteiger partial charge in [-0.1, -0.05) is 55.8 Å². The molecule has 6 heteroatoms. The highest BCUT2D eigenvalue weighted by atomic mass is 35.5. The maximum absolute atomic E-state index is 6.10. The molecule has 33 heavy (non-hydrogen) atoms. The van der Waals surface area contributed by atoms with Gasteiger partial charge in [0.05, 0.1) is 24.6 Å². The van der Waals surface area contributed by atoms with E-state index in [0.29, 0.717) is 5.92 Å². The molecule has 0 bridgehead atoms. The van der Waals surface area contributed by atoms with Crippen molar-refractivity contribution >= 4 is 11.6 Å². The molecule has 5 nitrogen and oxygen atoms in total. The first kappa shape index (κ1) is 24.0. The van der Waals surface area contributed by atoms with Gasteiger partial charge in [0.1, 0.15) is 0 Å². The molecule has 176 valence electrons. The smallest absolute Gasteiger partial charge is 0.0930 e. The van der Waals surface area contributed by atoms with Crippen molar-refractivity contribution in [2.24, 2.45) is 0 Å². The maximum Gasteiger partial charge on any atom is 0.0930 e. The van der Waals surface area contributed by atoms with E-state index in [1.54, 1.807) is 0 Å². The van der Waals surface area contributed by atoms with Gasteiger partial charge in [0, 0.05) is 42.5 Å². The van der Waals surface area contributed by atoms with Crippen molar-refractivity contribution in [3.05, 3.63) is 71.4 Å². The van der Waals surface area contributed by atoms with Gasteiger partial charge in [0.25, 0.3) is 0 Å². The summed E-state index contributed by atoms with van der Waals surface area (Å²) in [5.74, 6) is 0.385. The topological polar surface area (TPSA) is 33.5 Å². The number of hydrogen-bond acceptors (Lipinski definition) is 4. The Kier molecular flexibility index (Phi) is 8.57. The first-order valence-corrected chi connectivity index (χ1v) is 12.5. The largest absolute Gasteiger partial charge is 0.379 e. The highest BCUT2D eigenvalue weighted by Gasteiger charge is 2.18. The molecule has 0 amide bonds. The summed E-state index contributed by atoms with van der Waals surface area (Å²) in [4.78, 5) is 5.08. The lowest BCUT2D eigenvalue weighted by molar-refractivity contribution is 0.0335. The van der Waals surface area contributed by atoms with Crippen LogP contribution in [-0.2, 0) is 4.74 Å². The fraction of sp³-hybridized carbons (Fsp3) is 0.444. The van der Waals surface area contributed by atoms with Crippen molar-refractivity contribution in [2.75, 3.05) is 52.5 Å². The Morgan fingerprint density at radius 2 is 1.76 bits per heavy atom. The number of aromatic nitrogens is 2. The Morgan fingerprint density at radius 3 is 2.45 bits per heavy atom. The maximum atomic E-state index is 6.10. The van der Waals surface area contributed by atoms with E-state index < -0.39 is 0 Å². The van der Waals surface area contributed by atoms with E-state index in [0.717, 1.165) is 80.9 Å². The zero-order chi connectivity index (χ0) is 23.0. The summed E-state index contributed by atoms with van der Waals surface area (Å²) in [5, 5.41) is 5.73. The first-order valence-electron chi connectivity index (χ1n) is 12.1. The molecule has 1 unspecified atom stereocenters. The monoisotopic (exact) mass is 466 g/mol. The second kappa shape index (κ2) is 11.8. The van der Waals surface area contributed by atoms with Crippen LogP contribution in [0.15, 0.2) is 60.7 Å². The predicted octanol–water partition coefficient (Wildman–Crippen LogP) is 5.34. The van der Waals surface area contributed by atoms with Crippen LogP contribution in [-0.4, -0.2) is 72.1 Å². The lowest BCUT2D eigenvalue weighted by Gasteiger charge is -2.30. The molecule has 1 aromatic heterocycles. The van der Waals surface area contributed by atoms with E-state index in [1.165, 1.54) is 5.69 Å². The summed E-state index contributed by atoms with van der Waals surface area (Å²) in [5.41, 5.74) is 4.41. The summed E-state index contributed by atoms with van der Waals surface area (Å²) >= 11 is 6.10. The second-order valence-corrected chi connectivity index (χ2v) is 9.22. The van der Waals surface area contributed by atoms with Crippen molar-refractivity contribution < 1.29 is 4.74 Å². The standard InChI is InChI=1S/C27H35ClN4O/c1-3-30(15-16-31-17-19-33-20-18-31)14-13-22(2)27-21-26(23-9-11-24(28)12-10-23)29-32(27)25-7-5-4-6-8-25/h4-12,21-22H,3,13-20H2,1-2H3. The molecule has 1 aliphatic heterocycles. The van der Waals surface area contributed by atoms with Gasteiger partial charge in [-0.2, -0.15) is 5.10 Å². The van der Waals surface area contributed by atoms with E-state index in [9.17, 15) is 0 Å². The molecule has 2 heterocycles. The van der Waals surface area contributed by atoms with Crippen molar-refractivity contribution in [3.8, 4) is 16.9 Å². The molecule has 2 aromatic carbocycles. The number of nitrogens with zero attached hydrogens (tertiary/aromatic N) is 4. The molecule has 1 aliphatic rings. The van der Waals surface area contributed by atoms with Crippen LogP contribution in [0.2, 0.25) is 5.02 Å². The molecule has 0 aliphatic carbocycles. The number of hydrogen-bond donors (Lipinski definition) is 0. The molecule has 0 spiro atoms. The number of likely N-dealkylation sites (N-methyl/N-ethyl adjacent to an activating group) is 1. The number of ether oxygens (including phenoxy) is 1. The molecule has 1 fully saturated rings. The molecule has 0 radical (unpaired) electrons. The SMILES string of the molecule is CCN(CCC(C)c1cc(-c2ccc(Cl)cc2)nn1-c1ccccc1)CCN1CCOCC1. The molecule has 1 atom stereocenters. The molecule has 1 saturated heterocycles. The van der Waals surface area contributed by atoms with Gasteiger partial charge in [-0.3, -0.25) is 4.90 Å². The fourth-order valence-electron chi connectivity index (χ4n) is 4.34. The van der Waals surface area contributed by atoms with Gasteiger partial charge in [0.15, 0.2) is 0 Å². The molecule has 0 saturated carbocycles. The van der Waals surface area contributed by atoms with Crippen LogP contribution in [0.5, 0.6) is 0 Å². The van der Waals surface area contributed by atoms with E-state index >= 15 is 0 Å². The molecular formula is C27H35ClN4O. The summed E-state index contributed by atoms with van der Waals surface area (Å²) in [6, 6.07) is 20.6. The van der Waals surface area contributed by atoms with Crippen molar-refractivity contribution in [2.45, 2.75) is 26.2 Å². The Bertz CT molecular complexity index is 983. The Balaban J connectivity index is 1.47. The summed E-state index contributed by atoms with van der Waals surface area (Å²) in [6.45, 7) is 12.8. The first-order chi connectivity index (χ1) is 16.1. The fourth-order valence-corrected chi connectivity index (χ4v) is 4.47. The highest BCUT2D eigenvalue weighted by Crippen LogP contribution is 2.29. The van der Waals surface area contributed by atoms with Crippen LogP contribution in [0.4, 0.5) is 0 Å². The third kappa shape index (κ3) is 6.45. The van der Waals surface area contributed by atoms with Crippen molar-refractivity contribution in [3.63, 3.8) is 0 Å². The van der Waals surface area contributed by atoms with Gasteiger partial charge in [-0.05, 0) is 55.8 Å². The predicted molar refractivity (Wildman–Crippen MR) is 136 cm³/mol. The number of benzene rings is 2. The van der Waals surface area contributed by atoms with Crippen LogP contribution in [0.1, 0.15) is 31.9 Å². The summed E-state index contributed by atoms with van der Waals surface area (Å²) in [7, 11) is 0. The lowest BCUT2D eigenvalue weighted by Crippen LogP contribution is -2.41. The zero-order valence-electron chi connectivity index (χ0n) is 19.8. The molecular weight excluding hydrogens is 432 g/mol. The minimum Gasteiger partial charge on any atom is -0.379 e. The van der Waals surface area contributed by atoms with E-state index in [2.05, 4.69) is 58.7 Å². The zero-order valence-corrected chi connectivity index (χ0v) is 20.5. The van der Waals surface area contributed by atoms with Crippen molar-refractivity contribution in [1.82, 2.24) is 19.6 Å². The molecule has 0 N–H and O–H groups in total. The molecule has 3 aromatic rings. The third-order valence-corrected chi connectivity index (χ3v) is 6.80. The minimum absolute atomic E-state index is 0.385. The van der Waals surface area contributed by atoms with Crippen LogP contribution in [0, 0.1) is 0 Å². The highest BCUT2D eigenvalue weighted by molar-refractivity contribution is 6.30. The van der Waals surface area contributed by atoms with E-state index in [4.69, 9.17) is 21.4 Å². The van der Waals surface area contributed by atoms with Crippen LogP contribution in [0.25, 0.3) is 16.9 Å². The summed E-state index contributed by atoms with van der Waals surface area (Å²) in [6.07, 6.45) is 1.09. The number of halogens is 1. The normalized spacial score (nSPS) is 15.8. The second-order valence-electron chi connectivity index (χ2n) is 8.79. The van der Waals surface area contributed by atoms with Gasteiger partial charge < -0.3 is 9.64 Å². The average Bonchev–Trinajstić information content (AvgIpc) is 3.31. The van der Waals surface area contributed by atoms with Crippen LogP contribution in [0.3, 0.4) is 0 Å². The van der Waals surface area contributed by atoms with E-state index in [-0.39, 0.29) is 0 Å².